The van der Waals surface area contributed by atoms with E-state index in [1.807, 2.05) is 6.20 Å². The molecule has 0 radical (unpaired) electrons. The number of aromatic nitrogens is 2. The van der Waals surface area contributed by atoms with Gasteiger partial charge in [-0.25, -0.2) is 4.98 Å². The number of hydrogen-bond donors (Lipinski definition) is 0. The maximum absolute atomic E-state index is 7.14. The van der Waals surface area contributed by atoms with E-state index in [-0.39, 0.29) is 27.1 Å². The van der Waals surface area contributed by atoms with Crippen molar-refractivity contribution in [1.82, 2.24) is 9.55 Å². The van der Waals surface area contributed by atoms with Crippen LogP contribution in [0.1, 0.15) is 123 Å². The standard InChI is InChI=1S/C68H72N4O/c1-64(2,3)50-33-34-69-63(41-50)72-60-32-29-51(67(10,11)48-25-19-15-20-26-48)40-59(60)58-31-30-56(43-61(58)72)73-57-36-47(46-23-17-14-18-24-46)35-55(42-57)71-45-70(44-62(71)66(7,8)9)54-38-52(65(4,5)6)37-53(39-54)68(12,13)49-27-21-16-22-28-49/h14-44H,45H2,1-13H3. The van der Waals surface area contributed by atoms with E-state index in [4.69, 9.17) is 9.72 Å². The highest BCUT2D eigenvalue weighted by atomic mass is 16.5. The van der Waals surface area contributed by atoms with E-state index in [0.29, 0.717) is 6.67 Å². The Morgan fingerprint density at radius 2 is 1.03 bits per heavy atom. The summed E-state index contributed by atoms with van der Waals surface area (Å²) in [5.41, 5.74) is 14.9. The second kappa shape index (κ2) is 18.3. The first-order valence-corrected chi connectivity index (χ1v) is 26.0. The normalized spacial score (nSPS) is 13.8. The molecule has 0 saturated carbocycles. The zero-order valence-electron chi connectivity index (χ0n) is 45.3. The van der Waals surface area contributed by atoms with Gasteiger partial charge in [0.1, 0.15) is 17.3 Å². The Hall–Kier alpha value is -7.37. The Morgan fingerprint density at radius 1 is 0.411 bits per heavy atom. The van der Waals surface area contributed by atoms with Crippen LogP contribution in [0.4, 0.5) is 11.4 Å². The minimum atomic E-state index is -0.202. The van der Waals surface area contributed by atoms with Gasteiger partial charge in [-0.2, -0.15) is 0 Å². The fourth-order valence-corrected chi connectivity index (χ4v) is 10.5. The fraction of sp³-hybridized carbons (Fsp3) is 0.279. The van der Waals surface area contributed by atoms with Crippen molar-refractivity contribution < 1.29 is 4.74 Å². The Labute approximate surface area is 434 Å². The molecule has 0 N–H and O–H groups in total. The molecule has 9 aromatic rings. The molecule has 73 heavy (non-hydrogen) atoms. The molecule has 0 spiro atoms. The largest absolute Gasteiger partial charge is 0.457 e. The first kappa shape index (κ1) is 49.2. The lowest BCUT2D eigenvalue weighted by molar-refractivity contribution is 0.481. The van der Waals surface area contributed by atoms with Crippen LogP contribution in [-0.4, -0.2) is 16.2 Å². The summed E-state index contributed by atoms with van der Waals surface area (Å²) in [7, 11) is 0. The monoisotopic (exact) mass is 961 g/mol. The van der Waals surface area contributed by atoms with E-state index in [1.54, 1.807) is 0 Å². The molecule has 1 aliphatic heterocycles. The number of hydrogen-bond acceptors (Lipinski definition) is 4. The predicted octanol–water partition coefficient (Wildman–Crippen LogP) is 18.1. The summed E-state index contributed by atoms with van der Waals surface area (Å²) in [4.78, 5) is 9.96. The summed E-state index contributed by atoms with van der Waals surface area (Å²) in [6, 6.07) is 64.2. The average Bonchev–Trinajstić information content (AvgIpc) is 3.97. The molecular weight excluding hydrogens is 889 g/mol. The number of benzene rings is 7. The molecule has 0 amide bonds. The molecule has 5 heteroatoms. The second-order valence-electron chi connectivity index (χ2n) is 24.4. The summed E-state index contributed by atoms with van der Waals surface area (Å²) in [5, 5.41) is 2.33. The van der Waals surface area contributed by atoms with E-state index in [0.717, 1.165) is 50.6 Å². The Balaban J connectivity index is 1.09. The van der Waals surface area contributed by atoms with Gasteiger partial charge in [-0.3, -0.25) is 4.57 Å². The van der Waals surface area contributed by atoms with Gasteiger partial charge in [-0.1, -0.05) is 193 Å². The third-order valence-corrected chi connectivity index (χ3v) is 15.3. The number of fused-ring (bicyclic) bond motifs is 3. The van der Waals surface area contributed by atoms with Crippen LogP contribution in [-0.2, 0) is 21.7 Å². The quantitative estimate of drug-likeness (QED) is 0.137. The van der Waals surface area contributed by atoms with E-state index < -0.39 is 0 Å². The highest BCUT2D eigenvalue weighted by Crippen LogP contribution is 2.45. The number of rotatable bonds is 10. The van der Waals surface area contributed by atoms with E-state index >= 15 is 0 Å². The van der Waals surface area contributed by atoms with Crippen molar-refractivity contribution in [2.24, 2.45) is 5.41 Å². The molecule has 0 fully saturated rings. The molecule has 1 aliphatic rings. The van der Waals surface area contributed by atoms with Crippen molar-refractivity contribution in [3.63, 3.8) is 0 Å². The minimum Gasteiger partial charge on any atom is -0.457 e. The van der Waals surface area contributed by atoms with E-state index in [2.05, 4.69) is 287 Å². The number of pyridine rings is 1. The van der Waals surface area contributed by atoms with E-state index in [1.165, 1.54) is 50.2 Å². The zero-order chi connectivity index (χ0) is 51.7. The molecule has 10 rings (SSSR count). The van der Waals surface area contributed by atoms with Gasteiger partial charge in [-0.15, -0.1) is 0 Å². The van der Waals surface area contributed by atoms with Gasteiger partial charge >= 0.3 is 0 Å². The van der Waals surface area contributed by atoms with Crippen LogP contribution in [0.3, 0.4) is 0 Å². The third kappa shape index (κ3) is 9.59. The van der Waals surface area contributed by atoms with Gasteiger partial charge in [0.05, 0.1) is 17.7 Å². The first-order valence-electron chi connectivity index (χ1n) is 26.0. The number of anilines is 2. The van der Waals surface area contributed by atoms with Crippen LogP contribution in [0.5, 0.6) is 11.5 Å². The van der Waals surface area contributed by atoms with Gasteiger partial charge in [0.25, 0.3) is 0 Å². The lowest BCUT2D eigenvalue weighted by Gasteiger charge is -2.32. The highest BCUT2D eigenvalue weighted by Gasteiger charge is 2.34. The predicted molar refractivity (Wildman–Crippen MR) is 309 cm³/mol. The second-order valence-corrected chi connectivity index (χ2v) is 24.4. The van der Waals surface area contributed by atoms with Crippen molar-refractivity contribution >= 4 is 33.2 Å². The number of ether oxygens (including phenoxy) is 1. The third-order valence-electron chi connectivity index (χ3n) is 15.3. The van der Waals surface area contributed by atoms with Crippen LogP contribution in [0.25, 0.3) is 38.8 Å². The van der Waals surface area contributed by atoms with Crippen molar-refractivity contribution in [2.45, 2.75) is 112 Å². The first-order chi connectivity index (χ1) is 34.6. The van der Waals surface area contributed by atoms with Gasteiger partial charge in [0.2, 0.25) is 0 Å². The van der Waals surface area contributed by atoms with Gasteiger partial charge < -0.3 is 14.5 Å². The van der Waals surface area contributed by atoms with Crippen LogP contribution in [0, 0.1) is 5.41 Å². The smallest absolute Gasteiger partial charge is 0.137 e. The Morgan fingerprint density at radius 3 is 1.66 bits per heavy atom. The van der Waals surface area contributed by atoms with Crippen molar-refractivity contribution in [2.75, 3.05) is 16.5 Å². The molecule has 370 valence electrons. The molecule has 0 unspecified atom stereocenters. The molecule has 2 aromatic heterocycles. The molecule has 5 nitrogen and oxygen atoms in total. The molecule has 0 bridgehead atoms. The summed E-state index contributed by atoms with van der Waals surface area (Å²) in [6.07, 6.45) is 4.32. The van der Waals surface area contributed by atoms with Gasteiger partial charge in [0, 0.05) is 68.6 Å². The van der Waals surface area contributed by atoms with E-state index in [9.17, 15) is 0 Å². The summed E-state index contributed by atoms with van der Waals surface area (Å²) in [5.74, 6) is 2.41. The van der Waals surface area contributed by atoms with Gasteiger partial charge in [-0.05, 0) is 116 Å². The molecular formula is C68H72N4O. The zero-order valence-corrected chi connectivity index (χ0v) is 45.3. The maximum Gasteiger partial charge on any atom is 0.137 e. The Bertz CT molecular complexity index is 3510. The maximum atomic E-state index is 7.14. The lowest BCUT2D eigenvalue weighted by Crippen LogP contribution is -2.31. The summed E-state index contributed by atoms with van der Waals surface area (Å²) in [6.45, 7) is 30.6. The Kier molecular flexibility index (Phi) is 12.3. The van der Waals surface area contributed by atoms with Crippen molar-refractivity contribution in [1.29, 1.82) is 0 Å². The van der Waals surface area contributed by atoms with Crippen LogP contribution in [0.15, 0.2) is 194 Å². The summed E-state index contributed by atoms with van der Waals surface area (Å²) >= 11 is 0. The molecule has 0 atom stereocenters. The minimum absolute atomic E-state index is 0.0453. The molecule has 0 saturated heterocycles. The van der Waals surface area contributed by atoms with Crippen molar-refractivity contribution in [3.05, 3.63) is 227 Å². The lowest BCUT2D eigenvalue weighted by atomic mass is 9.75. The summed E-state index contributed by atoms with van der Waals surface area (Å²) < 4.78 is 9.45. The topological polar surface area (TPSA) is 33.5 Å². The molecule has 7 aromatic carbocycles. The number of allylic oxidation sites excluding steroid dienone is 1. The SMILES string of the molecule is CC(C)(C)C1=CN(c2cc(C(C)(C)C)cc(C(C)(C)c3ccccc3)c2)CN1c1cc(Oc2ccc3c4cc(C(C)(C)c5ccccc5)ccc4n(-c4cc(C(C)(C)C)ccn4)c3c2)cc(-c2ccccc2)c1. The van der Waals surface area contributed by atoms with Crippen LogP contribution >= 0.6 is 0 Å². The van der Waals surface area contributed by atoms with Crippen LogP contribution in [0.2, 0.25) is 0 Å². The van der Waals surface area contributed by atoms with Crippen molar-refractivity contribution in [3.8, 4) is 28.4 Å². The number of nitrogens with zero attached hydrogens (tertiary/aromatic N) is 4. The fourth-order valence-electron chi connectivity index (χ4n) is 10.5. The molecule has 3 heterocycles. The highest BCUT2D eigenvalue weighted by molar-refractivity contribution is 6.10. The van der Waals surface area contributed by atoms with Crippen LogP contribution < -0.4 is 14.5 Å². The molecule has 0 aliphatic carbocycles. The van der Waals surface area contributed by atoms with Gasteiger partial charge in [0.15, 0.2) is 0 Å². The average molecular weight is 961 g/mol.